The van der Waals surface area contributed by atoms with E-state index in [-0.39, 0.29) is 36.8 Å². The molecule has 30 heavy (non-hydrogen) atoms. The SMILES string of the molecule is CN1CCC(NC(=O)Cc2c3n(c(=S)n2C)CC(c2c(F)ccc(F)c2F)C3)C1=O. The van der Waals surface area contributed by atoms with Gasteiger partial charge in [0.25, 0.3) is 0 Å². The maximum absolute atomic E-state index is 14.3. The van der Waals surface area contributed by atoms with Crippen molar-refractivity contribution in [2.24, 2.45) is 7.05 Å². The number of amides is 2. The van der Waals surface area contributed by atoms with Crippen LogP contribution in [0, 0.1) is 22.2 Å². The largest absolute Gasteiger partial charge is 0.344 e. The number of nitrogens with zero attached hydrogens (tertiary/aromatic N) is 3. The number of imidazole rings is 1. The average molecular weight is 438 g/mol. The van der Waals surface area contributed by atoms with Crippen LogP contribution in [0.25, 0.3) is 0 Å². The maximum Gasteiger partial charge on any atom is 0.244 e. The minimum absolute atomic E-state index is 0.0171. The van der Waals surface area contributed by atoms with E-state index in [0.29, 0.717) is 29.1 Å². The molecule has 4 rings (SSSR count). The van der Waals surface area contributed by atoms with E-state index in [9.17, 15) is 22.8 Å². The predicted molar refractivity (Wildman–Crippen MR) is 105 cm³/mol. The molecule has 6 nitrogen and oxygen atoms in total. The third kappa shape index (κ3) is 3.32. The monoisotopic (exact) mass is 438 g/mol. The van der Waals surface area contributed by atoms with E-state index in [1.165, 1.54) is 0 Å². The topological polar surface area (TPSA) is 59.3 Å². The molecule has 0 saturated carbocycles. The van der Waals surface area contributed by atoms with E-state index in [2.05, 4.69) is 5.32 Å². The highest BCUT2D eigenvalue weighted by Gasteiger charge is 2.34. The first-order valence-electron chi connectivity index (χ1n) is 9.64. The molecule has 1 aromatic carbocycles. The van der Waals surface area contributed by atoms with Gasteiger partial charge < -0.3 is 19.4 Å². The van der Waals surface area contributed by atoms with Crippen molar-refractivity contribution in [1.82, 2.24) is 19.4 Å². The highest BCUT2D eigenvalue weighted by molar-refractivity contribution is 7.71. The van der Waals surface area contributed by atoms with Gasteiger partial charge in [-0.2, -0.15) is 0 Å². The van der Waals surface area contributed by atoms with Crippen molar-refractivity contribution in [3.05, 3.63) is 51.3 Å². The van der Waals surface area contributed by atoms with Gasteiger partial charge in [0.1, 0.15) is 11.9 Å². The molecule has 10 heteroatoms. The van der Waals surface area contributed by atoms with Crippen LogP contribution in [0.5, 0.6) is 0 Å². The standard InChI is InChI=1S/C20H21F3N4O2S/c1-25-6-5-13(19(25)29)24-16(28)8-14-15-7-10(9-27(15)20(30)26(14)2)17-11(21)3-4-12(22)18(17)23/h3-4,10,13H,5-9H2,1-2H3,(H,24,28). The predicted octanol–water partition coefficient (Wildman–Crippen LogP) is 2.20. The Morgan fingerprint density at radius 2 is 1.93 bits per heavy atom. The van der Waals surface area contributed by atoms with Crippen LogP contribution in [-0.4, -0.2) is 45.5 Å². The van der Waals surface area contributed by atoms with E-state index in [0.717, 1.165) is 12.1 Å². The van der Waals surface area contributed by atoms with Crippen LogP contribution >= 0.6 is 12.2 Å². The summed E-state index contributed by atoms with van der Waals surface area (Å²) in [6.07, 6.45) is 0.764. The van der Waals surface area contributed by atoms with Crippen molar-refractivity contribution in [2.75, 3.05) is 13.6 Å². The lowest BCUT2D eigenvalue weighted by atomic mass is 9.95. The van der Waals surface area contributed by atoms with Crippen molar-refractivity contribution < 1.29 is 22.8 Å². The van der Waals surface area contributed by atoms with E-state index in [4.69, 9.17) is 12.2 Å². The zero-order chi connectivity index (χ0) is 21.7. The summed E-state index contributed by atoms with van der Waals surface area (Å²) in [5, 5.41) is 2.75. The lowest BCUT2D eigenvalue weighted by molar-refractivity contribution is -0.131. The number of likely N-dealkylation sites (tertiary alicyclic amines) is 1. The molecule has 1 aromatic heterocycles. The van der Waals surface area contributed by atoms with Gasteiger partial charge in [0.05, 0.1) is 6.42 Å². The summed E-state index contributed by atoms with van der Waals surface area (Å²) in [4.78, 5) is 26.2. The van der Waals surface area contributed by atoms with Crippen molar-refractivity contribution in [3.63, 3.8) is 0 Å². The minimum atomic E-state index is -1.19. The number of aromatic nitrogens is 2. The van der Waals surface area contributed by atoms with Crippen LogP contribution in [0.3, 0.4) is 0 Å². The Morgan fingerprint density at radius 1 is 1.23 bits per heavy atom. The highest BCUT2D eigenvalue weighted by Crippen LogP contribution is 2.36. The van der Waals surface area contributed by atoms with Crippen LogP contribution in [0.2, 0.25) is 0 Å². The van der Waals surface area contributed by atoms with Gasteiger partial charge in [-0.05, 0) is 37.2 Å². The van der Waals surface area contributed by atoms with E-state index in [1.807, 2.05) is 0 Å². The number of rotatable bonds is 4. The number of halogens is 3. The van der Waals surface area contributed by atoms with Crippen molar-refractivity contribution in [2.45, 2.75) is 37.8 Å². The summed E-state index contributed by atoms with van der Waals surface area (Å²) >= 11 is 5.44. The number of hydrogen-bond acceptors (Lipinski definition) is 3. The van der Waals surface area contributed by atoms with E-state index >= 15 is 0 Å². The first-order valence-corrected chi connectivity index (χ1v) is 10.0. The molecule has 2 aromatic rings. The molecule has 0 aliphatic carbocycles. The van der Waals surface area contributed by atoms with Crippen LogP contribution in [0.4, 0.5) is 13.2 Å². The smallest absolute Gasteiger partial charge is 0.244 e. The second kappa shape index (κ2) is 7.57. The molecule has 2 amide bonds. The van der Waals surface area contributed by atoms with Gasteiger partial charge in [-0.15, -0.1) is 0 Å². The van der Waals surface area contributed by atoms with Crippen molar-refractivity contribution in [3.8, 4) is 0 Å². The summed E-state index contributed by atoms with van der Waals surface area (Å²) in [7, 11) is 3.41. The normalized spacial score (nSPS) is 20.7. The highest BCUT2D eigenvalue weighted by atomic mass is 32.1. The number of hydrogen-bond donors (Lipinski definition) is 1. The number of nitrogens with one attached hydrogen (secondary N) is 1. The Kier molecular flexibility index (Phi) is 5.21. The molecule has 1 saturated heterocycles. The minimum Gasteiger partial charge on any atom is -0.344 e. The molecular weight excluding hydrogens is 417 g/mol. The molecule has 160 valence electrons. The molecule has 0 bridgehead atoms. The van der Waals surface area contributed by atoms with Gasteiger partial charge in [-0.25, -0.2) is 13.2 Å². The quantitative estimate of drug-likeness (QED) is 0.588. The Hall–Kier alpha value is -2.62. The molecule has 2 atom stereocenters. The van der Waals surface area contributed by atoms with Gasteiger partial charge in [0, 0.05) is 50.1 Å². The van der Waals surface area contributed by atoms with Gasteiger partial charge in [-0.3, -0.25) is 9.59 Å². The van der Waals surface area contributed by atoms with Gasteiger partial charge in [0.15, 0.2) is 16.4 Å². The molecular formula is C20H21F3N4O2S. The summed E-state index contributed by atoms with van der Waals surface area (Å²) in [6.45, 7) is 0.786. The number of carbonyl (C=O) groups is 2. The Balaban J connectivity index is 1.57. The molecule has 0 spiro atoms. The summed E-state index contributed by atoms with van der Waals surface area (Å²) in [6, 6.07) is 1.13. The third-order valence-corrected chi connectivity index (χ3v) is 6.50. The third-order valence-electron chi connectivity index (χ3n) is 6.00. The van der Waals surface area contributed by atoms with Crippen molar-refractivity contribution >= 4 is 24.0 Å². The second-order valence-electron chi connectivity index (χ2n) is 7.85. The lowest BCUT2D eigenvalue weighted by Gasteiger charge is -2.14. The fraction of sp³-hybridized carbons (Fsp3) is 0.450. The lowest BCUT2D eigenvalue weighted by Crippen LogP contribution is -2.41. The van der Waals surface area contributed by atoms with Crippen LogP contribution in [-0.2, 0) is 36.0 Å². The fourth-order valence-electron chi connectivity index (χ4n) is 4.38. The summed E-state index contributed by atoms with van der Waals surface area (Å²) < 4.78 is 46.0. The number of benzene rings is 1. The van der Waals surface area contributed by atoms with E-state index in [1.54, 1.807) is 28.1 Å². The molecule has 1 fully saturated rings. The molecule has 2 aliphatic rings. The van der Waals surface area contributed by atoms with Gasteiger partial charge in [0.2, 0.25) is 11.8 Å². The second-order valence-corrected chi connectivity index (χ2v) is 8.21. The first-order chi connectivity index (χ1) is 14.2. The molecule has 2 aliphatic heterocycles. The number of fused-ring (bicyclic) bond motifs is 1. The van der Waals surface area contributed by atoms with E-state index < -0.39 is 29.4 Å². The van der Waals surface area contributed by atoms with Crippen LogP contribution in [0.15, 0.2) is 12.1 Å². The summed E-state index contributed by atoms with van der Waals surface area (Å²) in [5.41, 5.74) is 1.02. The summed E-state index contributed by atoms with van der Waals surface area (Å²) in [5.74, 6) is -4.17. The maximum atomic E-state index is 14.3. The first kappa shape index (κ1) is 20.6. The number of carbonyl (C=O) groups excluding carboxylic acids is 2. The molecule has 0 radical (unpaired) electrons. The van der Waals surface area contributed by atoms with Gasteiger partial charge in [-0.1, -0.05) is 0 Å². The Bertz CT molecular complexity index is 1110. The number of likely N-dealkylation sites (N-methyl/N-ethyl adjacent to an activating group) is 1. The fourth-order valence-corrected chi connectivity index (χ4v) is 4.68. The Morgan fingerprint density at radius 3 is 2.60 bits per heavy atom. The van der Waals surface area contributed by atoms with Crippen LogP contribution in [0.1, 0.15) is 29.3 Å². The zero-order valence-corrected chi connectivity index (χ0v) is 17.4. The molecule has 2 unspecified atom stereocenters. The van der Waals surface area contributed by atoms with Crippen molar-refractivity contribution in [1.29, 1.82) is 0 Å². The Labute approximate surface area is 176 Å². The average Bonchev–Trinajstić information content (AvgIpc) is 3.32. The zero-order valence-electron chi connectivity index (χ0n) is 16.5. The molecule has 1 N–H and O–H groups in total. The molecule has 3 heterocycles. The van der Waals surface area contributed by atoms with Gasteiger partial charge >= 0.3 is 0 Å². The van der Waals surface area contributed by atoms with Crippen LogP contribution < -0.4 is 5.32 Å².